The van der Waals surface area contributed by atoms with Gasteiger partial charge in [0.25, 0.3) is 5.69 Å². The summed E-state index contributed by atoms with van der Waals surface area (Å²) in [5, 5.41) is 17.2. The summed E-state index contributed by atoms with van der Waals surface area (Å²) in [6, 6.07) is 5.06. The van der Waals surface area contributed by atoms with E-state index in [0.29, 0.717) is 12.1 Å². The topological polar surface area (TPSA) is 93.5 Å². The lowest BCUT2D eigenvalue weighted by molar-refractivity contribution is -0.385. The largest absolute Gasteiger partial charge is 0.444 e. The Morgan fingerprint density at radius 3 is 2.52 bits per heavy atom. The molecule has 0 saturated carbocycles. The lowest BCUT2D eigenvalue weighted by Gasteiger charge is -2.24. The van der Waals surface area contributed by atoms with Gasteiger partial charge in [0.1, 0.15) is 5.60 Å². The number of benzene rings is 1. The number of hydrogen-bond acceptors (Lipinski definition) is 5. The first-order chi connectivity index (χ1) is 11.5. The molecule has 0 aromatic heterocycles. The fourth-order valence-corrected chi connectivity index (χ4v) is 2.30. The van der Waals surface area contributed by atoms with Gasteiger partial charge in [-0.2, -0.15) is 0 Å². The first-order valence-electron chi connectivity index (χ1n) is 8.51. The average molecular weight is 351 g/mol. The molecule has 2 unspecified atom stereocenters. The van der Waals surface area contributed by atoms with Gasteiger partial charge in [0.15, 0.2) is 0 Å². The maximum Gasteiger partial charge on any atom is 0.407 e. The van der Waals surface area contributed by atoms with Crippen LogP contribution in [0, 0.1) is 17.0 Å². The number of carbonyl (C=O) groups excluding carboxylic acids is 1. The molecule has 0 heterocycles. The van der Waals surface area contributed by atoms with Gasteiger partial charge in [-0.25, -0.2) is 4.79 Å². The van der Waals surface area contributed by atoms with Crippen molar-refractivity contribution in [2.24, 2.45) is 0 Å². The SMILES string of the molecule is CCC(CNC(C)c1ccc(C)c([N+](=O)[O-])c1)NC(=O)OC(C)(C)C. The van der Waals surface area contributed by atoms with Gasteiger partial charge < -0.3 is 15.4 Å². The number of carbonyl (C=O) groups is 1. The van der Waals surface area contributed by atoms with Crippen LogP contribution in [0.4, 0.5) is 10.5 Å². The molecule has 7 heteroatoms. The molecule has 140 valence electrons. The van der Waals surface area contributed by atoms with Crippen LogP contribution >= 0.6 is 0 Å². The lowest BCUT2D eigenvalue weighted by atomic mass is 10.0. The van der Waals surface area contributed by atoms with Gasteiger partial charge in [0.2, 0.25) is 0 Å². The third kappa shape index (κ3) is 7.09. The Bertz CT molecular complexity index is 611. The van der Waals surface area contributed by atoms with Crippen molar-refractivity contribution in [2.75, 3.05) is 6.54 Å². The minimum Gasteiger partial charge on any atom is -0.444 e. The van der Waals surface area contributed by atoms with Crippen molar-refractivity contribution >= 4 is 11.8 Å². The minimum absolute atomic E-state index is 0.0752. The first-order valence-corrected chi connectivity index (χ1v) is 8.51. The smallest absolute Gasteiger partial charge is 0.407 e. The quantitative estimate of drug-likeness (QED) is 0.575. The molecule has 2 atom stereocenters. The zero-order chi connectivity index (χ0) is 19.2. The van der Waals surface area contributed by atoms with Crippen molar-refractivity contribution < 1.29 is 14.5 Å². The molecule has 0 spiro atoms. The molecule has 25 heavy (non-hydrogen) atoms. The van der Waals surface area contributed by atoms with Crippen LogP contribution in [0.15, 0.2) is 18.2 Å². The summed E-state index contributed by atoms with van der Waals surface area (Å²) >= 11 is 0. The van der Waals surface area contributed by atoms with Crippen LogP contribution in [-0.4, -0.2) is 29.2 Å². The Morgan fingerprint density at radius 1 is 1.36 bits per heavy atom. The van der Waals surface area contributed by atoms with Crippen molar-refractivity contribution in [1.82, 2.24) is 10.6 Å². The highest BCUT2D eigenvalue weighted by atomic mass is 16.6. The van der Waals surface area contributed by atoms with Gasteiger partial charge in [-0.3, -0.25) is 10.1 Å². The summed E-state index contributed by atoms with van der Waals surface area (Å²) in [6.07, 6.45) is 0.298. The van der Waals surface area contributed by atoms with Gasteiger partial charge >= 0.3 is 6.09 Å². The third-order valence-corrected chi connectivity index (χ3v) is 3.81. The molecule has 1 rings (SSSR count). The Hall–Kier alpha value is -2.15. The number of ether oxygens (including phenoxy) is 1. The molecule has 7 nitrogen and oxygen atoms in total. The van der Waals surface area contributed by atoms with Crippen LogP contribution in [0.5, 0.6) is 0 Å². The van der Waals surface area contributed by atoms with Gasteiger partial charge in [-0.05, 0) is 46.6 Å². The van der Waals surface area contributed by atoms with E-state index in [1.165, 1.54) is 0 Å². The number of nitro benzene ring substituents is 1. The van der Waals surface area contributed by atoms with Crippen LogP contribution in [0.2, 0.25) is 0 Å². The Labute approximate surface area is 149 Å². The molecule has 0 aliphatic rings. The van der Waals surface area contributed by atoms with Crippen molar-refractivity contribution in [3.63, 3.8) is 0 Å². The molecule has 1 aromatic rings. The number of nitrogens with one attached hydrogen (secondary N) is 2. The molecule has 1 aromatic carbocycles. The average Bonchev–Trinajstić information content (AvgIpc) is 2.49. The number of hydrogen-bond donors (Lipinski definition) is 2. The Balaban J connectivity index is 2.64. The zero-order valence-corrected chi connectivity index (χ0v) is 15.9. The highest BCUT2D eigenvalue weighted by Crippen LogP contribution is 2.23. The Kier molecular flexibility index (Phi) is 7.36. The minimum atomic E-state index is -0.538. The van der Waals surface area contributed by atoms with Crippen LogP contribution in [-0.2, 0) is 4.74 Å². The van der Waals surface area contributed by atoms with Gasteiger partial charge in [-0.1, -0.05) is 19.1 Å². The van der Waals surface area contributed by atoms with Crippen LogP contribution in [0.3, 0.4) is 0 Å². The standard InChI is InChI=1S/C18H29N3O4/c1-7-15(20-17(22)25-18(4,5)6)11-19-13(3)14-9-8-12(2)16(10-14)21(23)24/h8-10,13,15,19H,7,11H2,1-6H3,(H,20,22). The van der Waals surface area contributed by atoms with E-state index in [-0.39, 0.29) is 22.7 Å². The van der Waals surface area contributed by atoms with Gasteiger partial charge in [0, 0.05) is 30.3 Å². The van der Waals surface area contributed by atoms with Crippen molar-refractivity contribution in [1.29, 1.82) is 0 Å². The predicted octanol–water partition coefficient (Wildman–Crippen LogP) is 3.86. The normalized spacial score (nSPS) is 13.8. The molecular weight excluding hydrogens is 322 g/mol. The summed E-state index contributed by atoms with van der Waals surface area (Å²) < 4.78 is 5.26. The number of nitro groups is 1. The number of aryl methyl sites for hydroxylation is 1. The van der Waals surface area contributed by atoms with Crippen LogP contribution < -0.4 is 10.6 Å². The summed E-state index contributed by atoms with van der Waals surface area (Å²) in [6.45, 7) is 11.6. The summed E-state index contributed by atoms with van der Waals surface area (Å²) in [7, 11) is 0. The number of alkyl carbamates (subject to hydrolysis) is 1. The fraction of sp³-hybridized carbons (Fsp3) is 0.611. The van der Waals surface area contributed by atoms with E-state index in [0.717, 1.165) is 12.0 Å². The summed E-state index contributed by atoms with van der Waals surface area (Å²) in [4.78, 5) is 22.6. The van der Waals surface area contributed by atoms with Crippen molar-refractivity contribution in [3.8, 4) is 0 Å². The molecule has 0 aliphatic carbocycles. The van der Waals surface area contributed by atoms with Crippen molar-refractivity contribution in [2.45, 2.75) is 65.6 Å². The summed E-state index contributed by atoms with van der Waals surface area (Å²) in [5.41, 5.74) is 1.05. The van der Waals surface area contributed by atoms with Crippen LogP contribution in [0.25, 0.3) is 0 Å². The van der Waals surface area contributed by atoms with E-state index in [1.54, 1.807) is 19.1 Å². The van der Waals surface area contributed by atoms with E-state index in [9.17, 15) is 14.9 Å². The van der Waals surface area contributed by atoms with Crippen molar-refractivity contribution in [3.05, 3.63) is 39.4 Å². The van der Waals surface area contributed by atoms with Crippen LogP contribution in [0.1, 0.15) is 58.2 Å². The lowest BCUT2D eigenvalue weighted by Crippen LogP contribution is -2.44. The molecule has 0 fully saturated rings. The third-order valence-electron chi connectivity index (χ3n) is 3.81. The van der Waals surface area contributed by atoms with E-state index < -0.39 is 11.7 Å². The molecular formula is C18H29N3O4. The molecule has 0 radical (unpaired) electrons. The highest BCUT2D eigenvalue weighted by Gasteiger charge is 2.20. The second-order valence-electron chi connectivity index (χ2n) is 7.18. The second kappa shape index (κ2) is 8.80. The Morgan fingerprint density at radius 2 is 2.00 bits per heavy atom. The molecule has 0 bridgehead atoms. The number of nitrogens with zero attached hydrogens (tertiary/aromatic N) is 1. The molecule has 2 N–H and O–H groups in total. The summed E-state index contributed by atoms with van der Waals surface area (Å²) in [5.74, 6) is 0. The second-order valence-corrected chi connectivity index (χ2v) is 7.18. The maximum absolute atomic E-state index is 11.9. The predicted molar refractivity (Wildman–Crippen MR) is 97.7 cm³/mol. The molecule has 0 aliphatic heterocycles. The van der Waals surface area contributed by atoms with E-state index in [1.807, 2.05) is 40.7 Å². The zero-order valence-electron chi connectivity index (χ0n) is 15.9. The fourth-order valence-electron chi connectivity index (χ4n) is 2.30. The van der Waals surface area contributed by atoms with Gasteiger partial charge in [0.05, 0.1) is 4.92 Å². The van der Waals surface area contributed by atoms with E-state index >= 15 is 0 Å². The van der Waals surface area contributed by atoms with E-state index in [2.05, 4.69) is 10.6 Å². The number of rotatable bonds is 7. The maximum atomic E-state index is 11.9. The first kappa shape index (κ1) is 20.9. The monoisotopic (exact) mass is 351 g/mol. The molecule has 0 saturated heterocycles. The number of amides is 1. The highest BCUT2D eigenvalue weighted by molar-refractivity contribution is 5.68. The van der Waals surface area contributed by atoms with E-state index in [4.69, 9.17) is 4.74 Å². The molecule has 1 amide bonds. The van der Waals surface area contributed by atoms with Gasteiger partial charge in [-0.15, -0.1) is 0 Å².